The zero-order valence-corrected chi connectivity index (χ0v) is 35.6. The number of hydrogen-bond donors (Lipinski definition) is 3. The summed E-state index contributed by atoms with van der Waals surface area (Å²) in [6, 6.07) is 10.8. The number of ether oxygens (including phenoxy) is 3. The van der Waals surface area contributed by atoms with Crippen LogP contribution < -0.4 is 24.8 Å². The number of rotatable bonds is 8. The number of allylic oxidation sites excluding steroid dienone is 1. The lowest BCUT2D eigenvalue weighted by Crippen LogP contribution is -2.59. The molecule has 1 saturated heterocycles. The molecule has 3 aromatic rings. The van der Waals surface area contributed by atoms with Gasteiger partial charge in [0.25, 0.3) is 5.91 Å². The number of pyridine rings is 1. The molecule has 14 nitrogen and oxygen atoms in total. The van der Waals surface area contributed by atoms with E-state index in [9.17, 15) is 32.0 Å². The number of nitrogens with zero attached hydrogens (tertiary/aromatic N) is 2. The van der Waals surface area contributed by atoms with E-state index in [0.29, 0.717) is 53.5 Å². The molecular weight excluding hydrogens is 794 g/mol. The summed E-state index contributed by atoms with van der Waals surface area (Å²) in [5, 5.41) is 6.38. The minimum absolute atomic E-state index is 0.0276. The summed E-state index contributed by atoms with van der Waals surface area (Å²) < 4.78 is 59.8. The summed E-state index contributed by atoms with van der Waals surface area (Å²) in [4.78, 5) is 63.0. The highest BCUT2D eigenvalue weighted by atomic mass is 32.2. The van der Waals surface area contributed by atoms with E-state index in [-0.39, 0.29) is 37.1 Å². The third-order valence-corrected chi connectivity index (χ3v) is 13.5. The number of halogens is 1. The van der Waals surface area contributed by atoms with E-state index in [4.69, 9.17) is 19.2 Å². The lowest BCUT2D eigenvalue weighted by Gasteiger charge is -2.33. The van der Waals surface area contributed by atoms with E-state index in [1.54, 1.807) is 52.1 Å². The molecule has 2 aromatic carbocycles. The van der Waals surface area contributed by atoms with E-state index in [1.807, 2.05) is 31.2 Å². The third-order valence-electron chi connectivity index (χ3n) is 11.7. The van der Waals surface area contributed by atoms with Crippen LogP contribution in [0.1, 0.15) is 79.6 Å². The predicted molar refractivity (Wildman–Crippen MR) is 222 cm³/mol. The number of nitrogens with one attached hydrogen (secondary N) is 3. The Balaban J connectivity index is 1.26. The van der Waals surface area contributed by atoms with Crippen LogP contribution >= 0.6 is 0 Å². The number of aromatic nitrogens is 1. The van der Waals surface area contributed by atoms with Crippen molar-refractivity contribution in [3.05, 3.63) is 66.5 Å². The number of amides is 4. The average Bonchev–Trinajstić information content (AvgIpc) is 4.11. The maximum absolute atomic E-state index is 14.9. The number of sulfonamides is 1. The van der Waals surface area contributed by atoms with Crippen molar-refractivity contribution in [2.45, 2.75) is 114 Å². The van der Waals surface area contributed by atoms with Gasteiger partial charge < -0.3 is 29.7 Å². The molecule has 0 unspecified atom stereocenters. The normalized spacial score (nSPS) is 27.9. The van der Waals surface area contributed by atoms with Gasteiger partial charge >= 0.3 is 6.09 Å². The van der Waals surface area contributed by atoms with Crippen molar-refractivity contribution < 1.29 is 46.2 Å². The molecule has 2 aliphatic heterocycles. The number of carbonyl (C=O) groups excluding carboxylic acids is 4. The van der Waals surface area contributed by atoms with Crippen molar-refractivity contribution in [3.8, 4) is 22.9 Å². The minimum atomic E-state index is -3.94. The first-order chi connectivity index (χ1) is 28.4. The second kappa shape index (κ2) is 16.7. The molecule has 3 fully saturated rings. The van der Waals surface area contributed by atoms with Crippen LogP contribution in [-0.4, -0.2) is 90.3 Å². The second-order valence-corrected chi connectivity index (χ2v) is 19.7. The zero-order valence-electron chi connectivity index (χ0n) is 34.8. The Morgan fingerprint density at radius 1 is 1.02 bits per heavy atom. The minimum Gasteiger partial charge on any atom is -0.497 e. The van der Waals surface area contributed by atoms with Gasteiger partial charge in [-0.3, -0.25) is 19.1 Å². The van der Waals surface area contributed by atoms with Gasteiger partial charge in [0.15, 0.2) is 0 Å². The van der Waals surface area contributed by atoms with Crippen LogP contribution in [0, 0.1) is 23.6 Å². The molecule has 4 amide bonds. The first-order valence-corrected chi connectivity index (χ1v) is 22.2. The maximum Gasteiger partial charge on any atom is 0.408 e. The van der Waals surface area contributed by atoms with Crippen LogP contribution in [0.25, 0.3) is 22.0 Å². The summed E-state index contributed by atoms with van der Waals surface area (Å²) in [6.45, 7) is 9.01. The van der Waals surface area contributed by atoms with Gasteiger partial charge in [-0.15, -0.1) is 0 Å². The number of carbonyl (C=O) groups is 4. The van der Waals surface area contributed by atoms with Gasteiger partial charge in [0.05, 0.1) is 24.6 Å². The van der Waals surface area contributed by atoms with Crippen LogP contribution in [0.15, 0.2) is 60.7 Å². The Hall–Kier alpha value is -5.25. The first-order valence-electron chi connectivity index (χ1n) is 20.6. The summed E-state index contributed by atoms with van der Waals surface area (Å²) in [6.07, 6.45) is 5.22. The SMILES string of the molecule is COc1ccc2c(O[C@@H]3C[C@H]4C(=O)N[C@]5(C(=O)NS(=O)(=O)C6CC6)C[C@H]5/C=C\CC[C@H](C)C[C@@H](C)[C@H](NC(=O)OC(C)(C)C)C(=O)N4C3)nc(-c3ccc(F)cc3)cc2c1. The third kappa shape index (κ3) is 9.53. The average molecular weight is 848 g/mol. The molecule has 0 spiro atoms. The van der Waals surface area contributed by atoms with Gasteiger partial charge in [0.2, 0.25) is 27.7 Å². The van der Waals surface area contributed by atoms with Gasteiger partial charge in [0.1, 0.15) is 40.9 Å². The fourth-order valence-electron chi connectivity index (χ4n) is 8.28. The first kappa shape index (κ1) is 42.9. The standard InChI is InChI=1S/C44H54FN5O9S/c1-25-9-7-8-10-29-23-44(29,41(53)49-60(55,56)33-16-17-33)48-38(51)36-22-32(24-50(36)40(52)37(26(2)19-25)47-42(54)59-43(3,4)5)58-39-34-18-15-31(57-6)20-28(34)21-35(46-39)27-11-13-30(45)14-12-27/h8,10-15,18,20-21,25-26,29,32-33,36-37H,7,9,16-17,19,22-24H2,1-6H3,(H,47,54)(H,48,51)(H,49,53)/b10-8-/t25-,26+,29+,32+,36-,37-,44+/m0/s1. The number of alkyl carbamates (subject to hydrolysis) is 1. The van der Waals surface area contributed by atoms with Gasteiger partial charge in [0, 0.05) is 23.3 Å². The molecule has 0 radical (unpaired) electrons. The van der Waals surface area contributed by atoms with Crippen LogP contribution in [0.4, 0.5) is 9.18 Å². The van der Waals surface area contributed by atoms with Crippen molar-refractivity contribution in [1.82, 2.24) is 25.2 Å². The Morgan fingerprint density at radius 2 is 1.75 bits per heavy atom. The Bertz CT molecular complexity index is 2290. The Kier molecular flexibility index (Phi) is 11.9. The number of methoxy groups -OCH3 is 1. The van der Waals surface area contributed by atoms with Crippen molar-refractivity contribution in [3.63, 3.8) is 0 Å². The summed E-state index contributed by atoms with van der Waals surface area (Å²) in [5.41, 5.74) is -1.30. The number of benzene rings is 2. The second-order valence-electron chi connectivity index (χ2n) is 17.8. The van der Waals surface area contributed by atoms with E-state index in [1.165, 1.54) is 17.0 Å². The fraction of sp³-hybridized carbons (Fsp3) is 0.523. The zero-order chi connectivity index (χ0) is 43.1. The lowest BCUT2D eigenvalue weighted by molar-refractivity contribution is -0.142. The molecule has 3 heterocycles. The van der Waals surface area contributed by atoms with Crippen LogP contribution in [-0.2, 0) is 29.1 Å². The Morgan fingerprint density at radius 3 is 2.43 bits per heavy atom. The molecule has 2 aliphatic carbocycles. The quantitative estimate of drug-likeness (QED) is 0.235. The van der Waals surface area contributed by atoms with Crippen molar-refractivity contribution in [2.75, 3.05) is 13.7 Å². The topological polar surface area (TPSA) is 182 Å². The molecule has 3 N–H and O–H groups in total. The lowest BCUT2D eigenvalue weighted by atomic mass is 9.88. The molecule has 60 heavy (non-hydrogen) atoms. The molecule has 322 valence electrons. The van der Waals surface area contributed by atoms with Crippen LogP contribution in [0.5, 0.6) is 11.6 Å². The summed E-state index contributed by atoms with van der Waals surface area (Å²) in [7, 11) is -2.39. The van der Waals surface area contributed by atoms with Crippen molar-refractivity contribution in [1.29, 1.82) is 0 Å². The highest BCUT2D eigenvalue weighted by Gasteiger charge is 2.62. The van der Waals surface area contributed by atoms with Crippen LogP contribution in [0.2, 0.25) is 0 Å². The molecule has 2 saturated carbocycles. The van der Waals surface area contributed by atoms with Crippen molar-refractivity contribution in [2.24, 2.45) is 17.8 Å². The molecular formula is C44H54FN5O9S. The summed E-state index contributed by atoms with van der Waals surface area (Å²) in [5.74, 6) is -2.38. The van der Waals surface area contributed by atoms with E-state index >= 15 is 0 Å². The summed E-state index contributed by atoms with van der Waals surface area (Å²) >= 11 is 0. The van der Waals surface area contributed by atoms with E-state index in [0.717, 1.165) is 6.42 Å². The molecule has 1 aromatic heterocycles. The molecule has 0 bridgehead atoms. The maximum atomic E-state index is 14.9. The molecule has 7 rings (SSSR count). The van der Waals surface area contributed by atoms with E-state index < -0.39 is 80.2 Å². The van der Waals surface area contributed by atoms with Crippen molar-refractivity contribution >= 4 is 44.6 Å². The highest BCUT2D eigenvalue weighted by Crippen LogP contribution is 2.46. The molecule has 4 aliphatic rings. The van der Waals surface area contributed by atoms with Gasteiger partial charge in [-0.05, 0) is 125 Å². The molecule has 16 heteroatoms. The predicted octanol–water partition coefficient (Wildman–Crippen LogP) is 5.79. The Labute approximate surface area is 350 Å². The van der Waals surface area contributed by atoms with Gasteiger partial charge in [-0.2, -0.15) is 0 Å². The number of fused-ring (bicyclic) bond motifs is 3. The molecule has 7 atom stereocenters. The monoisotopic (exact) mass is 847 g/mol. The van der Waals surface area contributed by atoms with Gasteiger partial charge in [-0.25, -0.2) is 22.6 Å². The fourth-order valence-corrected chi connectivity index (χ4v) is 9.64. The number of hydrogen-bond acceptors (Lipinski definition) is 10. The largest absolute Gasteiger partial charge is 0.497 e. The van der Waals surface area contributed by atoms with Crippen LogP contribution in [0.3, 0.4) is 0 Å². The van der Waals surface area contributed by atoms with Gasteiger partial charge in [-0.1, -0.05) is 26.0 Å². The highest BCUT2D eigenvalue weighted by molar-refractivity contribution is 7.91. The smallest absolute Gasteiger partial charge is 0.408 e. The van der Waals surface area contributed by atoms with E-state index in [2.05, 4.69) is 22.3 Å².